The van der Waals surface area contributed by atoms with Gasteiger partial charge in [0.2, 0.25) is 0 Å². The molecule has 0 saturated heterocycles. The number of rotatable bonds is 7. The maximum Gasteiger partial charge on any atom is 1.00 e. The van der Waals surface area contributed by atoms with Crippen molar-refractivity contribution in [2.24, 2.45) is 0 Å². The molecule has 0 saturated carbocycles. The van der Waals surface area contributed by atoms with E-state index in [0.717, 1.165) is 28.6 Å². The van der Waals surface area contributed by atoms with Gasteiger partial charge in [-0.25, -0.2) is 18.4 Å². The molecule has 0 radical (unpaired) electrons. The van der Waals surface area contributed by atoms with Gasteiger partial charge >= 0.3 is 29.6 Å². The van der Waals surface area contributed by atoms with Crippen molar-refractivity contribution in [1.82, 2.24) is 25.0 Å². The number of aromatic nitrogens is 5. The quantitative estimate of drug-likeness (QED) is 0.201. The van der Waals surface area contributed by atoms with E-state index in [2.05, 4.69) is 30.6 Å². The molecule has 0 aliphatic rings. The van der Waals surface area contributed by atoms with Gasteiger partial charge in [0.25, 0.3) is 0 Å². The molecule has 3 aromatic heterocycles. The number of aliphatic hydroxyl groups excluding tert-OH is 1. The van der Waals surface area contributed by atoms with E-state index in [9.17, 15) is 13.6 Å². The number of fused-ring (bicyclic) bond motifs is 2. The number of benzene rings is 2. The van der Waals surface area contributed by atoms with Gasteiger partial charge in [0, 0.05) is 17.1 Å². The largest absolute Gasteiger partial charge is 1.00 e. The van der Waals surface area contributed by atoms with Crippen LogP contribution < -0.4 is 29.6 Å². The number of hydrogen-bond acceptors (Lipinski definition) is 7. The molecule has 176 valence electrons. The zero-order valence-corrected chi connectivity index (χ0v) is 21.1. The summed E-state index contributed by atoms with van der Waals surface area (Å²) >= 11 is 0. The van der Waals surface area contributed by atoms with Gasteiger partial charge < -0.3 is 20.2 Å². The fourth-order valence-corrected chi connectivity index (χ4v) is 3.63. The van der Waals surface area contributed by atoms with E-state index >= 15 is 0 Å². The van der Waals surface area contributed by atoms with Crippen LogP contribution in [0.4, 0.5) is 8.78 Å². The number of hydroxylamine groups is 1. The molecule has 12 heteroatoms. The number of hydrogen-bond donors (Lipinski definition) is 1. The summed E-state index contributed by atoms with van der Waals surface area (Å²) in [5.41, 5.74) is 5.41. The number of aliphatic hydroxyl groups is 1. The number of halogens is 2. The number of nitrogens with zero attached hydrogens (tertiary/aromatic N) is 6. The van der Waals surface area contributed by atoms with Crippen molar-refractivity contribution < 1.29 is 53.1 Å². The summed E-state index contributed by atoms with van der Waals surface area (Å²) in [7, 11) is 0. The van der Waals surface area contributed by atoms with Gasteiger partial charge in [-0.2, -0.15) is 0 Å². The topological polar surface area (TPSA) is 117 Å². The minimum absolute atomic E-state index is 0. The van der Waals surface area contributed by atoms with Crippen LogP contribution in [0.2, 0.25) is 0 Å². The van der Waals surface area contributed by atoms with Crippen LogP contribution in [0.3, 0.4) is 0 Å². The van der Waals surface area contributed by atoms with E-state index in [4.69, 9.17) is 5.11 Å². The van der Waals surface area contributed by atoms with E-state index in [1.54, 1.807) is 23.0 Å². The molecule has 0 aliphatic heterocycles. The van der Waals surface area contributed by atoms with Crippen molar-refractivity contribution in [1.29, 1.82) is 0 Å². The Hall–Kier alpha value is -3.35. The number of pyridine rings is 2. The van der Waals surface area contributed by atoms with Gasteiger partial charge in [0.1, 0.15) is 23.1 Å². The maximum absolute atomic E-state index is 14.6. The second-order valence-electron chi connectivity index (χ2n) is 7.58. The Kier molecular flexibility index (Phi) is 7.97. The molecule has 0 aliphatic carbocycles. The number of carbonyl (C=O) groups excluding carboxylic acids is 1. The monoisotopic (exact) mass is 498 g/mol. The number of carbonyl (C=O) groups is 1. The van der Waals surface area contributed by atoms with Crippen LogP contribution in [0.5, 0.6) is 0 Å². The smallest absolute Gasteiger partial charge is 0.526 e. The molecule has 0 spiro atoms. The second-order valence-corrected chi connectivity index (χ2v) is 7.58. The van der Waals surface area contributed by atoms with Crippen molar-refractivity contribution in [2.75, 3.05) is 13.2 Å². The molecule has 0 fully saturated rings. The molecular formula is C24H17F2N6NaO3. The van der Waals surface area contributed by atoms with Crippen LogP contribution in [0.1, 0.15) is 15.9 Å². The molecule has 3 heterocycles. The maximum atomic E-state index is 14.6. The third-order valence-corrected chi connectivity index (χ3v) is 5.24. The van der Waals surface area contributed by atoms with Crippen LogP contribution in [-0.4, -0.2) is 49.2 Å². The van der Waals surface area contributed by atoms with Gasteiger partial charge in [0.15, 0.2) is 5.65 Å². The van der Waals surface area contributed by atoms with Crippen molar-refractivity contribution >= 4 is 28.0 Å². The third-order valence-electron chi connectivity index (χ3n) is 5.24. The average Bonchev–Trinajstić information content (AvgIpc) is 3.25. The first kappa shape index (κ1) is 25.7. The Morgan fingerprint density at radius 1 is 1.06 bits per heavy atom. The van der Waals surface area contributed by atoms with Crippen LogP contribution in [0, 0.1) is 11.6 Å². The van der Waals surface area contributed by atoms with Crippen LogP contribution in [0.15, 0.2) is 60.8 Å². The molecule has 0 unspecified atom stereocenters. The predicted octanol–water partition coefficient (Wildman–Crippen LogP) is 0.810. The van der Waals surface area contributed by atoms with Crippen molar-refractivity contribution in [3.05, 3.63) is 89.0 Å². The zero-order chi connectivity index (χ0) is 24.4. The predicted molar refractivity (Wildman–Crippen MR) is 122 cm³/mol. The van der Waals surface area contributed by atoms with Gasteiger partial charge in [-0.3, -0.25) is 4.98 Å². The summed E-state index contributed by atoms with van der Waals surface area (Å²) < 4.78 is 30.8. The zero-order valence-electron chi connectivity index (χ0n) is 19.1. The van der Waals surface area contributed by atoms with Crippen LogP contribution in [-0.2, 0) is 11.4 Å². The normalized spacial score (nSPS) is 11.0. The molecule has 0 bridgehead atoms. The van der Waals surface area contributed by atoms with Crippen molar-refractivity contribution in [3.63, 3.8) is 0 Å². The Morgan fingerprint density at radius 3 is 2.61 bits per heavy atom. The van der Waals surface area contributed by atoms with Gasteiger partial charge in [-0.05, 0) is 48.0 Å². The Bertz CT molecular complexity index is 1540. The minimum atomic E-state index is -1.23. The SMILES string of the molecule is O=C([N-]OCCO)c1c(F)cc(-c2ccc3nnn(Cc4ccc5ncccc5c4)c3n2)cc1F.[Na+]. The van der Waals surface area contributed by atoms with Gasteiger partial charge in [-0.15, -0.1) is 5.10 Å². The summed E-state index contributed by atoms with van der Waals surface area (Å²) in [5.74, 6) is -3.45. The Balaban J connectivity index is 0.00000304. The fraction of sp³-hybridized carbons (Fsp3) is 0.125. The summed E-state index contributed by atoms with van der Waals surface area (Å²) in [6.45, 7) is -0.281. The minimum Gasteiger partial charge on any atom is -0.526 e. The molecule has 36 heavy (non-hydrogen) atoms. The fourth-order valence-electron chi connectivity index (χ4n) is 3.63. The molecule has 9 nitrogen and oxygen atoms in total. The first-order valence-electron chi connectivity index (χ1n) is 10.5. The molecular weight excluding hydrogens is 481 g/mol. The van der Waals surface area contributed by atoms with Crippen LogP contribution in [0.25, 0.3) is 38.8 Å². The molecule has 1 amide bonds. The van der Waals surface area contributed by atoms with Crippen molar-refractivity contribution in [2.45, 2.75) is 6.54 Å². The van der Waals surface area contributed by atoms with E-state index in [1.165, 1.54) is 0 Å². The molecule has 5 rings (SSSR count). The van der Waals surface area contributed by atoms with Crippen molar-refractivity contribution in [3.8, 4) is 11.3 Å². The number of amides is 1. The van der Waals surface area contributed by atoms with E-state index < -0.39 is 29.7 Å². The summed E-state index contributed by atoms with van der Waals surface area (Å²) in [6.07, 6.45) is 1.73. The van der Waals surface area contributed by atoms with Gasteiger partial charge in [-0.1, -0.05) is 17.3 Å². The Morgan fingerprint density at radius 2 is 1.83 bits per heavy atom. The van der Waals surface area contributed by atoms with E-state index in [1.807, 2.05) is 30.3 Å². The summed E-state index contributed by atoms with van der Waals surface area (Å²) in [5, 5.41) is 17.9. The first-order chi connectivity index (χ1) is 17.0. The van der Waals surface area contributed by atoms with E-state index in [-0.39, 0.29) is 47.4 Å². The molecule has 5 aromatic rings. The van der Waals surface area contributed by atoms with Gasteiger partial charge in [0.05, 0.1) is 36.5 Å². The Labute approximate surface area is 225 Å². The average molecular weight is 498 g/mol. The standard InChI is InChI=1S/C24H18F2N6O3.Na/c25-17-11-16(12-18(26)22(17)24(34)30-35-9-8-33)20-5-6-21-23(28-20)32(31-29-21)13-14-3-4-19-15(10-14)2-1-7-27-19;/h1-7,10-12,33H,8-9,13H2,(H,30,34);/q;+1/p-1. The van der Waals surface area contributed by atoms with Crippen LogP contribution >= 0.6 is 0 Å². The second kappa shape index (κ2) is 11.1. The summed E-state index contributed by atoms with van der Waals surface area (Å²) in [6, 6.07) is 14.9. The molecule has 0 atom stereocenters. The van der Waals surface area contributed by atoms with E-state index in [0.29, 0.717) is 17.7 Å². The first-order valence-corrected chi connectivity index (χ1v) is 10.5. The third kappa shape index (κ3) is 5.25. The molecule has 2 aromatic carbocycles. The molecule has 1 N–H and O–H groups in total. The summed E-state index contributed by atoms with van der Waals surface area (Å²) in [4.78, 5) is 25.3.